The van der Waals surface area contributed by atoms with Gasteiger partial charge in [0, 0.05) is 12.7 Å². The molecule has 0 saturated carbocycles. The van der Waals surface area contributed by atoms with Gasteiger partial charge in [-0.3, -0.25) is 4.98 Å². The zero-order valence-electron chi connectivity index (χ0n) is 8.18. The Morgan fingerprint density at radius 1 is 1.67 bits per heavy atom. The highest BCUT2D eigenvalue weighted by molar-refractivity contribution is 5.89. The van der Waals surface area contributed by atoms with Gasteiger partial charge < -0.3 is 15.2 Å². The average Bonchev–Trinajstić information content (AvgIpc) is 2.23. The van der Waals surface area contributed by atoms with Crippen LogP contribution in [-0.4, -0.2) is 30.3 Å². The maximum absolute atomic E-state index is 11.6. The summed E-state index contributed by atoms with van der Waals surface area (Å²) in [4.78, 5) is 15.6. The first-order valence-electron chi connectivity index (χ1n) is 4.73. The van der Waals surface area contributed by atoms with Crippen LogP contribution in [0.25, 0.3) is 0 Å². The number of carbonyl (C=O) groups excluding carboxylic acids is 1. The summed E-state index contributed by atoms with van der Waals surface area (Å²) in [5.41, 5.74) is 6.58. The summed E-state index contributed by atoms with van der Waals surface area (Å²) in [5, 5.41) is 0. The number of pyridine rings is 1. The molecular formula is C10H12N2O3. The van der Waals surface area contributed by atoms with E-state index in [1.807, 2.05) is 0 Å². The van der Waals surface area contributed by atoms with E-state index in [0.29, 0.717) is 31.0 Å². The summed E-state index contributed by atoms with van der Waals surface area (Å²) in [6.45, 7) is 1.29. The Kier molecular flexibility index (Phi) is 2.94. The number of carbonyl (C=O) groups is 1. The van der Waals surface area contributed by atoms with Crippen molar-refractivity contribution >= 4 is 5.97 Å². The van der Waals surface area contributed by atoms with E-state index in [0.717, 1.165) is 0 Å². The molecule has 0 atom stereocenters. The van der Waals surface area contributed by atoms with Crippen LogP contribution in [0.1, 0.15) is 16.1 Å². The molecule has 2 N–H and O–H groups in total. The van der Waals surface area contributed by atoms with E-state index in [4.69, 9.17) is 15.2 Å². The zero-order valence-corrected chi connectivity index (χ0v) is 8.18. The lowest BCUT2D eigenvalue weighted by Gasteiger charge is -2.25. The molecule has 1 aromatic heterocycles. The van der Waals surface area contributed by atoms with Crippen LogP contribution >= 0.6 is 0 Å². The highest BCUT2D eigenvalue weighted by atomic mass is 16.6. The van der Waals surface area contributed by atoms with Crippen molar-refractivity contribution in [2.75, 3.05) is 13.2 Å². The van der Waals surface area contributed by atoms with Crippen LogP contribution in [-0.2, 0) is 16.0 Å². The minimum atomic E-state index is -0.347. The third-order valence-electron chi connectivity index (χ3n) is 2.14. The van der Waals surface area contributed by atoms with E-state index >= 15 is 0 Å². The van der Waals surface area contributed by atoms with E-state index < -0.39 is 0 Å². The minimum Gasteiger partial charge on any atom is -0.454 e. The Hall–Kier alpha value is -1.46. The predicted molar refractivity (Wildman–Crippen MR) is 52.2 cm³/mol. The smallest absolute Gasteiger partial charge is 0.338 e. The fraction of sp³-hybridized carbons (Fsp3) is 0.400. The van der Waals surface area contributed by atoms with Crippen LogP contribution in [0.3, 0.4) is 0 Å². The SMILES string of the molecule is NCc1cc(C(=O)OC2COC2)ccn1. The number of hydrogen-bond donors (Lipinski definition) is 1. The second-order valence-corrected chi connectivity index (χ2v) is 3.30. The van der Waals surface area contributed by atoms with Gasteiger partial charge in [-0.1, -0.05) is 0 Å². The van der Waals surface area contributed by atoms with E-state index in [9.17, 15) is 4.79 Å². The van der Waals surface area contributed by atoms with Crippen molar-refractivity contribution in [1.29, 1.82) is 0 Å². The Morgan fingerprint density at radius 3 is 3.07 bits per heavy atom. The molecule has 1 fully saturated rings. The molecule has 0 bridgehead atoms. The van der Waals surface area contributed by atoms with Crippen LogP contribution in [0.5, 0.6) is 0 Å². The number of ether oxygens (including phenoxy) is 2. The van der Waals surface area contributed by atoms with Crippen molar-refractivity contribution in [3.63, 3.8) is 0 Å². The molecule has 0 aromatic carbocycles. The van der Waals surface area contributed by atoms with Crippen LogP contribution in [0.4, 0.5) is 0 Å². The maximum atomic E-state index is 11.6. The van der Waals surface area contributed by atoms with Crippen molar-refractivity contribution in [2.24, 2.45) is 5.73 Å². The van der Waals surface area contributed by atoms with E-state index in [2.05, 4.69) is 4.98 Å². The lowest BCUT2D eigenvalue weighted by molar-refractivity contribution is -0.103. The second-order valence-electron chi connectivity index (χ2n) is 3.30. The van der Waals surface area contributed by atoms with E-state index in [1.165, 1.54) is 0 Å². The fourth-order valence-corrected chi connectivity index (χ4v) is 1.22. The van der Waals surface area contributed by atoms with Crippen LogP contribution < -0.4 is 5.73 Å². The van der Waals surface area contributed by atoms with Gasteiger partial charge in [-0.25, -0.2) is 4.79 Å². The molecule has 1 saturated heterocycles. The van der Waals surface area contributed by atoms with Crippen molar-refractivity contribution < 1.29 is 14.3 Å². The number of esters is 1. The first kappa shape index (κ1) is 10.1. The van der Waals surface area contributed by atoms with Crippen molar-refractivity contribution in [3.8, 4) is 0 Å². The Morgan fingerprint density at radius 2 is 2.47 bits per heavy atom. The number of nitrogens with two attached hydrogens (primary N) is 1. The summed E-state index contributed by atoms with van der Waals surface area (Å²) in [7, 11) is 0. The molecule has 5 heteroatoms. The van der Waals surface area contributed by atoms with Gasteiger partial charge >= 0.3 is 5.97 Å². The molecule has 0 unspecified atom stereocenters. The summed E-state index contributed by atoms with van der Waals surface area (Å²) < 4.78 is 10.0. The van der Waals surface area contributed by atoms with E-state index in [1.54, 1.807) is 18.3 Å². The Labute approximate surface area is 87.2 Å². The summed E-state index contributed by atoms with van der Waals surface area (Å²) in [6, 6.07) is 3.25. The van der Waals surface area contributed by atoms with Crippen LogP contribution in [0, 0.1) is 0 Å². The molecule has 1 aliphatic rings. The van der Waals surface area contributed by atoms with Crippen molar-refractivity contribution in [2.45, 2.75) is 12.6 Å². The first-order chi connectivity index (χ1) is 7.29. The molecule has 15 heavy (non-hydrogen) atoms. The normalized spacial score (nSPS) is 15.8. The molecule has 80 valence electrons. The van der Waals surface area contributed by atoms with Gasteiger partial charge in [0.1, 0.15) is 6.10 Å². The Bertz CT molecular complexity index is 363. The van der Waals surface area contributed by atoms with Gasteiger partial charge in [0.05, 0.1) is 24.5 Å². The third-order valence-corrected chi connectivity index (χ3v) is 2.14. The van der Waals surface area contributed by atoms with Gasteiger partial charge in [0.15, 0.2) is 0 Å². The van der Waals surface area contributed by atoms with Crippen LogP contribution in [0.15, 0.2) is 18.3 Å². The number of nitrogens with zero attached hydrogens (tertiary/aromatic N) is 1. The van der Waals surface area contributed by atoms with Gasteiger partial charge in [-0.2, -0.15) is 0 Å². The molecule has 0 amide bonds. The summed E-state index contributed by atoms with van der Waals surface area (Å²) >= 11 is 0. The van der Waals surface area contributed by atoms with Gasteiger partial charge in [0.2, 0.25) is 0 Å². The quantitative estimate of drug-likeness (QED) is 0.713. The van der Waals surface area contributed by atoms with Gasteiger partial charge in [0.25, 0.3) is 0 Å². The molecular weight excluding hydrogens is 196 g/mol. The van der Waals surface area contributed by atoms with Gasteiger partial charge in [-0.15, -0.1) is 0 Å². The van der Waals surface area contributed by atoms with Gasteiger partial charge in [-0.05, 0) is 12.1 Å². The molecule has 0 aliphatic carbocycles. The molecule has 0 radical (unpaired) electrons. The highest BCUT2D eigenvalue weighted by Crippen LogP contribution is 2.10. The predicted octanol–water partition coefficient (Wildman–Crippen LogP) is 0.0959. The average molecular weight is 208 g/mol. The van der Waals surface area contributed by atoms with Crippen LogP contribution in [0.2, 0.25) is 0 Å². The highest BCUT2D eigenvalue weighted by Gasteiger charge is 2.23. The van der Waals surface area contributed by atoms with Crippen molar-refractivity contribution in [1.82, 2.24) is 4.98 Å². The minimum absolute atomic E-state index is 0.105. The molecule has 1 aliphatic heterocycles. The monoisotopic (exact) mass is 208 g/mol. The number of rotatable bonds is 3. The Balaban J connectivity index is 2.03. The zero-order chi connectivity index (χ0) is 10.7. The molecule has 2 heterocycles. The third kappa shape index (κ3) is 2.31. The number of aromatic nitrogens is 1. The molecule has 2 rings (SSSR count). The molecule has 5 nitrogen and oxygen atoms in total. The first-order valence-corrected chi connectivity index (χ1v) is 4.73. The molecule has 0 spiro atoms. The second kappa shape index (κ2) is 4.37. The lowest BCUT2D eigenvalue weighted by Crippen LogP contribution is -2.37. The fourth-order valence-electron chi connectivity index (χ4n) is 1.22. The van der Waals surface area contributed by atoms with E-state index in [-0.39, 0.29) is 12.1 Å². The number of hydrogen-bond acceptors (Lipinski definition) is 5. The maximum Gasteiger partial charge on any atom is 0.338 e. The topological polar surface area (TPSA) is 74.4 Å². The van der Waals surface area contributed by atoms with Crippen molar-refractivity contribution in [3.05, 3.63) is 29.6 Å². The lowest BCUT2D eigenvalue weighted by atomic mass is 10.2. The summed E-state index contributed by atoms with van der Waals surface area (Å²) in [6.07, 6.45) is 1.45. The standard InChI is InChI=1S/C10H12N2O3/c11-4-8-3-7(1-2-12-8)10(13)15-9-5-14-6-9/h1-3,9H,4-6,11H2. The summed E-state index contributed by atoms with van der Waals surface area (Å²) in [5.74, 6) is -0.347. The largest absolute Gasteiger partial charge is 0.454 e. The molecule has 1 aromatic rings.